The highest BCUT2D eigenvalue weighted by Crippen LogP contribution is 2.28. The Bertz CT molecular complexity index is 229. The Kier molecular flexibility index (Phi) is 5.93. The Morgan fingerprint density at radius 3 is 2.72 bits per heavy atom. The molecule has 1 saturated heterocycles. The molecular weight excluding hydrogens is 224 g/mol. The molecule has 2 aliphatic rings. The van der Waals surface area contributed by atoms with Gasteiger partial charge in [-0.2, -0.15) is 0 Å². The number of nitrogens with one attached hydrogen (secondary N) is 1. The maximum absolute atomic E-state index is 5.61. The molecule has 2 atom stereocenters. The van der Waals surface area contributed by atoms with Crippen molar-refractivity contribution in [1.29, 1.82) is 0 Å². The zero-order valence-corrected chi connectivity index (χ0v) is 12.2. The first kappa shape index (κ1) is 14.3. The van der Waals surface area contributed by atoms with Crippen LogP contribution in [0.3, 0.4) is 0 Å². The molecule has 0 aromatic rings. The SMILES string of the molecule is CCNC(CN1CCOCC1CC)C1CCCC1. The quantitative estimate of drug-likeness (QED) is 0.787. The molecular formula is C15H30N2O. The van der Waals surface area contributed by atoms with E-state index in [-0.39, 0.29) is 0 Å². The minimum absolute atomic E-state index is 0.640. The first-order chi connectivity index (χ1) is 8.85. The molecule has 18 heavy (non-hydrogen) atoms. The summed E-state index contributed by atoms with van der Waals surface area (Å²) in [5, 5.41) is 3.73. The Labute approximate surface area is 112 Å². The van der Waals surface area contributed by atoms with Crippen LogP contribution < -0.4 is 5.32 Å². The summed E-state index contributed by atoms with van der Waals surface area (Å²) in [6.45, 7) is 9.80. The van der Waals surface area contributed by atoms with Crippen molar-refractivity contribution in [2.45, 2.75) is 58.0 Å². The highest BCUT2D eigenvalue weighted by Gasteiger charge is 2.29. The molecule has 1 heterocycles. The number of rotatable bonds is 6. The first-order valence-corrected chi connectivity index (χ1v) is 7.90. The second-order valence-corrected chi connectivity index (χ2v) is 5.84. The van der Waals surface area contributed by atoms with E-state index >= 15 is 0 Å². The fourth-order valence-electron chi connectivity index (χ4n) is 3.56. The molecule has 2 unspecified atom stereocenters. The minimum Gasteiger partial charge on any atom is -0.378 e. The Morgan fingerprint density at radius 1 is 1.28 bits per heavy atom. The predicted molar refractivity (Wildman–Crippen MR) is 75.9 cm³/mol. The lowest BCUT2D eigenvalue weighted by molar-refractivity contribution is -0.0153. The van der Waals surface area contributed by atoms with E-state index in [9.17, 15) is 0 Å². The zero-order chi connectivity index (χ0) is 12.8. The van der Waals surface area contributed by atoms with Gasteiger partial charge >= 0.3 is 0 Å². The summed E-state index contributed by atoms with van der Waals surface area (Å²) < 4.78 is 5.61. The molecule has 0 aromatic heterocycles. The Balaban J connectivity index is 1.89. The van der Waals surface area contributed by atoms with Crippen molar-refractivity contribution in [2.24, 2.45) is 5.92 Å². The fraction of sp³-hybridized carbons (Fsp3) is 1.00. The number of hydrogen-bond acceptors (Lipinski definition) is 3. The molecule has 0 aromatic carbocycles. The predicted octanol–water partition coefficient (Wildman–Crippen LogP) is 2.27. The summed E-state index contributed by atoms with van der Waals surface area (Å²) >= 11 is 0. The van der Waals surface area contributed by atoms with Gasteiger partial charge in [0.1, 0.15) is 0 Å². The lowest BCUT2D eigenvalue weighted by Crippen LogP contribution is -2.52. The van der Waals surface area contributed by atoms with E-state index in [4.69, 9.17) is 4.74 Å². The van der Waals surface area contributed by atoms with Crippen molar-refractivity contribution in [3.8, 4) is 0 Å². The van der Waals surface area contributed by atoms with Gasteiger partial charge in [0.05, 0.1) is 13.2 Å². The van der Waals surface area contributed by atoms with Crippen molar-refractivity contribution in [2.75, 3.05) is 32.8 Å². The standard InChI is InChI=1S/C15H30N2O/c1-3-14-12-18-10-9-17(14)11-15(16-4-2)13-7-5-6-8-13/h13-16H,3-12H2,1-2H3. The lowest BCUT2D eigenvalue weighted by Gasteiger charge is -2.39. The number of nitrogens with zero attached hydrogens (tertiary/aromatic N) is 1. The maximum atomic E-state index is 5.61. The van der Waals surface area contributed by atoms with Gasteiger partial charge < -0.3 is 10.1 Å². The average Bonchev–Trinajstić information content (AvgIpc) is 2.92. The third kappa shape index (κ3) is 3.69. The van der Waals surface area contributed by atoms with Gasteiger partial charge in [-0.05, 0) is 31.7 Å². The molecule has 106 valence electrons. The van der Waals surface area contributed by atoms with Crippen molar-refractivity contribution in [1.82, 2.24) is 10.2 Å². The average molecular weight is 254 g/mol. The number of morpholine rings is 1. The summed E-state index contributed by atoms with van der Waals surface area (Å²) in [6.07, 6.45) is 6.95. The minimum atomic E-state index is 0.640. The van der Waals surface area contributed by atoms with Gasteiger partial charge in [-0.25, -0.2) is 0 Å². The summed E-state index contributed by atoms with van der Waals surface area (Å²) in [5.74, 6) is 0.908. The van der Waals surface area contributed by atoms with E-state index in [0.717, 1.165) is 32.2 Å². The van der Waals surface area contributed by atoms with E-state index in [1.54, 1.807) is 0 Å². The molecule has 3 heteroatoms. The van der Waals surface area contributed by atoms with Crippen molar-refractivity contribution in [3.63, 3.8) is 0 Å². The topological polar surface area (TPSA) is 24.5 Å². The Hall–Kier alpha value is -0.120. The van der Waals surface area contributed by atoms with Crippen molar-refractivity contribution >= 4 is 0 Å². The van der Waals surface area contributed by atoms with Gasteiger partial charge in [0.2, 0.25) is 0 Å². The van der Waals surface area contributed by atoms with E-state index in [2.05, 4.69) is 24.1 Å². The monoisotopic (exact) mass is 254 g/mol. The molecule has 1 aliphatic heterocycles. The molecule has 1 aliphatic carbocycles. The molecule has 1 saturated carbocycles. The van der Waals surface area contributed by atoms with Gasteiger partial charge in [-0.3, -0.25) is 4.90 Å². The van der Waals surface area contributed by atoms with Gasteiger partial charge in [0, 0.05) is 25.2 Å². The smallest absolute Gasteiger partial charge is 0.0622 e. The number of likely N-dealkylation sites (N-methyl/N-ethyl adjacent to an activating group) is 1. The molecule has 2 fully saturated rings. The highest BCUT2D eigenvalue weighted by molar-refractivity contribution is 4.86. The van der Waals surface area contributed by atoms with Gasteiger partial charge in [-0.1, -0.05) is 26.7 Å². The van der Waals surface area contributed by atoms with Crippen LogP contribution in [0.2, 0.25) is 0 Å². The normalized spacial score (nSPS) is 28.7. The van der Waals surface area contributed by atoms with Crippen LogP contribution in [0, 0.1) is 5.92 Å². The summed E-state index contributed by atoms with van der Waals surface area (Å²) in [7, 11) is 0. The van der Waals surface area contributed by atoms with E-state index in [1.165, 1.54) is 38.6 Å². The van der Waals surface area contributed by atoms with Crippen LogP contribution in [0.5, 0.6) is 0 Å². The van der Waals surface area contributed by atoms with Gasteiger partial charge in [0.15, 0.2) is 0 Å². The van der Waals surface area contributed by atoms with Crippen LogP contribution in [0.1, 0.15) is 46.0 Å². The van der Waals surface area contributed by atoms with Crippen LogP contribution in [0.15, 0.2) is 0 Å². The molecule has 1 N–H and O–H groups in total. The van der Waals surface area contributed by atoms with Crippen LogP contribution in [0.4, 0.5) is 0 Å². The molecule has 2 rings (SSSR count). The van der Waals surface area contributed by atoms with Crippen molar-refractivity contribution in [3.05, 3.63) is 0 Å². The summed E-state index contributed by atoms with van der Waals surface area (Å²) in [5.41, 5.74) is 0. The molecule has 3 nitrogen and oxygen atoms in total. The summed E-state index contributed by atoms with van der Waals surface area (Å²) in [4.78, 5) is 2.66. The molecule has 0 radical (unpaired) electrons. The van der Waals surface area contributed by atoms with Crippen LogP contribution in [-0.4, -0.2) is 49.8 Å². The molecule has 0 spiro atoms. The lowest BCUT2D eigenvalue weighted by atomic mass is 9.96. The second-order valence-electron chi connectivity index (χ2n) is 5.84. The van der Waals surface area contributed by atoms with Crippen LogP contribution in [-0.2, 0) is 4.74 Å². The Morgan fingerprint density at radius 2 is 2.06 bits per heavy atom. The first-order valence-electron chi connectivity index (χ1n) is 7.90. The molecule has 0 bridgehead atoms. The largest absolute Gasteiger partial charge is 0.378 e. The third-order valence-corrected chi connectivity index (χ3v) is 4.69. The van der Waals surface area contributed by atoms with Gasteiger partial charge in [0.25, 0.3) is 0 Å². The fourth-order valence-corrected chi connectivity index (χ4v) is 3.56. The zero-order valence-electron chi connectivity index (χ0n) is 12.2. The van der Waals surface area contributed by atoms with Crippen LogP contribution in [0.25, 0.3) is 0 Å². The number of hydrogen-bond donors (Lipinski definition) is 1. The van der Waals surface area contributed by atoms with Gasteiger partial charge in [-0.15, -0.1) is 0 Å². The van der Waals surface area contributed by atoms with E-state index < -0.39 is 0 Å². The maximum Gasteiger partial charge on any atom is 0.0622 e. The van der Waals surface area contributed by atoms with Crippen molar-refractivity contribution < 1.29 is 4.74 Å². The second kappa shape index (κ2) is 7.46. The highest BCUT2D eigenvalue weighted by atomic mass is 16.5. The van der Waals surface area contributed by atoms with Crippen LogP contribution >= 0.6 is 0 Å². The third-order valence-electron chi connectivity index (χ3n) is 4.69. The molecule has 0 amide bonds. The van der Waals surface area contributed by atoms with E-state index in [1.807, 2.05) is 0 Å². The van der Waals surface area contributed by atoms with E-state index in [0.29, 0.717) is 12.1 Å². The summed E-state index contributed by atoms with van der Waals surface area (Å²) in [6, 6.07) is 1.34. The number of ether oxygens (including phenoxy) is 1.